The lowest BCUT2D eigenvalue weighted by atomic mass is 10.1. The molecule has 0 saturated carbocycles. The van der Waals surface area contributed by atoms with Crippen molar-refractivity contribution in [2.24, 2.45) is 0 Å². The van der Waals surface area contributed by atoms with Gasteiger partial charge in [-0.2, -0.15) is 0 Å². The van der Waals surface area contributed by atoms with Crippen molar-refractivity contribution in [1.29, 1.82) is 0 Å². The molecule has 27 heavy (non-hydrogen) atoms. The van der Waals surface area contributed by atoms with Gasteiger partial charge in [0.2, 0.25) is 0 Å². The van der Waals surface area contributed by atoms with Gasteiger partial charge in [-0.3, -0.25) is 9.59 Å². The minimum Gasteiger partial charge on any atom is -0.466 e. The fourth-order valence-electron chi connectivity index (χ4n) is 2.64. The number of benzene rings is 1. The van der Waals surface area contributed by atoms with E-state index in [1.54, 1.807) is 6.07 Å². The molecule has 0 amide bonds. The zero-order valence-corrected chi connectivity index (χ0v) is 17.6. The van der Waals surface area contributed by atoms with Crippen LogP contribution < -0.4 is 4.74 Å². The van der Waals surface area contributed by atoms with Crippen LogP contribution in [0.3, 0.4) is 0 Å². The first kappa shape index (κ1) is 23.8. The summed E-state index contributed by atoms with van der Waals surface area (Å²) in [6.45, 7) is 2.67. The van der Waals surface area contributed by atoms with Gasteiger partial charge in [0.1, 0.15) is 5.75 Å². The van der Waals surface area contributed by atoms with Crippen LogP contribution in [0.15, 0.2) is 18.2 Å². The van der Waals surface area contributed by atoms with E-state index in [-0.39, 0.29) is 18.8 Å². The molecule has 0 heterocycles. The maximum atomic E-state index is 11.8. The molecular formula is C21H30Cl2O4. The second kappa shape index (κ2) is 14.8. The van der Waals surface area contributed by atoms with E-state index in [2.05, 4.69) is 6.92 Å². The average Bonchev–Trinajstić information content (AvgIpc) is 2.59. The summed E-state index contributed by atoms with van der Waals surface area (Å²) in [5, 5.41) is 0.796. The first-order valence-electron chi connectivity index (χ1n) is 9.83. The Kier molecular flexibility index (Phi) is 13.0. The van der Waals surface area contributed by atoms with Gasteiger partial charge in [0.25, 0.3) is 0 Å². The predicted octanol–water partition coefficient (Wildman–Crippen LogP) is 6.75. The topological polar surface area (TPSA) is 52.6 Å². The number of rotatable bonds is 14. The summed E-state index contributed by atoms with van der Waals surface area (Å²) >= 11 is 11.7. The molecule has 6 heteroatoms. The van der Waals surface area contributed by atoms with Crippen LogP contribution in [0, 0.1) is 0 Å². The first-order chi connectivity index (χ1) is 13.0. The zero-order valence-electron chi connectivity index (χ0n) is 16.1. The Labute approximate surface area is 172 Å². The Morgan fingerprint density at radius 3 is 1.96 bits per heavy atom. The SMILES string of the molecule is CCCCCCCCCCOC(=O)CCCC(=O)Oc1cc(Cl)cc(Cl)c1. The summed E-state index contributed by atoms with van der Waals surface area (Å²) in [5.41, 5.74) is 0. The molecule has 152 valence electrons. The summed E-state index contributed by atoms with van der Waals surface area (Å²) in [5.74, 6) is -0.393. The lowest BCUT2D eigenvalue weighted by Crippen LogP contribution is -2.10. The summed E-state index contributed by atoms with van der Waals surface area (Å²) in [4.78, 5) is 23.5. The average molecular weight is 417 g/mol. The molecule has 0 bridgehead atoms. The number of hydrogen-bond donors (Lipinski definition) is 0. The fraction of sp³-hybridized carbons (Fsp3) is 0.619. The van der Waals surface area contributed by atoms with Gasteiger partial charge in [0.15, 0.2) is 0 Å². The monoisotopic (exact) mass is 416 g/mol. The van der Waals surface area contributed by atoms with Crippen molar-refractivity contribution in [2.45, 2.75) is 77.6 Å². The van der Waals surface area contributed by atoms with Crippen molar-refractivity contribution in [3.8, 4) is 5.75 Å². The standard InChI is InChI=1S/C21H30Cl2O4/c1-2-3-4-5-6-7-8-9-13-26-20(24)11-10-12-21(25)27-19-15-17(22)14-18(23)16-19/h14-16H,2-13H2,1H3. The molecule has 0 aliphatic carbocycles. The molecule has 0 atom stereocenters. The molecule has 0 saturated heterocycles. The van der Waals surface area contributed by atoms with Crippen LogP contribution in [-0.4, -0.2) is 18.5 Å². The van der Waals surface area contributed by atoms with Gasteiger partial charge in [-0.15, -0.1) is 0 Å². The van der Waals surface area contributed by atoms with E-state index in [0.29, 0.717) is 28.8 Å². The molecule has 0 aliphatic heterocycles. The van der Waals surface area contributed by atoms with Gasteiger partial charge in [-0.1, -0.05) is 75.1 Å². The molecular weight excluding hydrogens is 387 g/mol. The summed E-state index contributed by atoms with van der Waals surface area (Å²) in [6, 6.07) is 4.59. The minimum atomic E-state index is -0.427. The van der Waals surface area contributed by atoms with Crippen LogP contribution in [0.5, 0.6) is 5.75 Å². The minimum absolute atomic E-state index is 0.136. The first-order valence-corrected chi connectivity index (χ1v) is 10.6. The summed E-state index contributed by atoms with van der Waals surface area (Å²) in [7, 11) is 0. The number of esters is 2. The number of ether oxygens (including phenoxy) is 2. The van der Waals surface area contributed by atoms with Crippen molar-refractivity contribution < 1.29 is 19.1 Å². The Bertz CT molecular complexity index is 555. The molecule has 1 aromatic rings. The molecule has 0 spiro atoms. The van der Waals surface area contributed by atoms with E-state index in [4.69, 9.17) is 32.7 Å². The van der Waals surface area contributed by atoms with Crippen molar-refractivity contribution in [3.05, 3.63) is 28.2 Å². The third-order valence-corrected chi connectivity index (χ3v) is 4.53. The van der Waals surface area contributed by atoms with Gasteiger partial charge in [0.05, 0.1) is 6.61 Å². The Morgan fingerprint density at radius 1 is 0.778 bits per heavy atom. The molecule has 0 fully saturated rings. The van der Waals surface area contributed by atoms with E-state index in [0.717, 1.165) is 12.8 Å². The summed E-state index contributed by atoms with van der Waals surface area (Å²) in [6.07, 6.45) is 10.4. The fourth-order valence-corrected chi connectivity index (χ4v) is 3.15. The highest BCUT2D eigenvalue weighted by atomic mass is 35.5. The molecule has 0 aromatic heterocycles. The Morgan fingerprint density at radius 2 is 1.33 bits per heavy atom. The van der Waals surface area contributed by atoms with Crippen molar-refractivity contribution in [1.82, 2.24) is 0 Å². The smallest absolute Gasteiger partial charge is 0.311 e. The Hall–Kier alpha value is -1.26. The van der Waals surface area contributed by atoms with Gasteiger partial charge in [-0.25, -0.2) is 0 Å². The number of carbonyl (C=O) groups excluding carboxylic acids is 2. The van der Waals surface area contributed by atoms with Gasteiger partial charge >= 0.3 is 11.9 Å². The largest absolute Gasteiger partial charge is 0.466 e. The lowest BCUT2D eigenvalue weighted by Gasteiger charge is -2.06. The van der Waals surface area contributed by atoms with Gasteiger partial charge in [-0.05, 0) is 31.0 Å². The van der Waals surface area contributed by atoms with Crippen LogP contribution in [-0.2, 0) is 14.3 Å². The van der Waals surface area contributed by atoms with E-state index in [9.17, 15) is 9.59 Å². The number of hydrogen-bond acceptors (Lipinski definition) is 4. The van der Waals surface area contributed by atoms with Crippen molar-refractivity contribution >= 4 is 35.1 Å². The molecule has 1 rings (SSSR count). The highest BCUT2D eigenvalue weighted by Gasteiger charge is 2.09. The maximum absolute atomic E-state index is 11.8. The van der Waals surface area contributed by atoms with Crippen LogP contribution in [0.4, 0.5) is 0 Å². The third-order valence-electron chi connectivity index (χ3n) is 4.09. The molecule has 1 aromatic carbocycles. The van der Waals surface area contributed by atoms with E-state index < -0.39 is 5.97 Å². The lowest BCUT2D eigenvalue weighted by molar-refractivity contribution is -0.144. The van der Waals surface area contributed by atoms with Gasteiger partial charge < -0.3 is 9.47 Å². The van der Waals surface area contributed by atoms with Crippen molar-refractivity contribution in [2.75, 3.05) is 6.61 Å². The second-order valence-corrected chi connectivity index (χ2v) is 7.50. The zero-order chi connectivity index (χ0) is 19.9. The van der Waals surface area contributed by atoms with E-state index in [1.807, 2.05) is 0 Å². The van der Waals surface area contributed by atoms with Crippen molar-refractivity contribution in [3.63, 3.8) is 0 Å². The molecule has 4 nitrogen and oxygen atoms in total. The van der Waals surface area contributed by atoms with Crippen LogP contribution in [0.1, 0.15) is 77.6 Å². The third kappa shape index (κ3) is 12.7. The van der Waals surface area contributed by atoms with E-state index >= 15 is 0 Å². The molecule has 0 N–H and O–H groups in total. The highest BCUT2D eigenvalue weighted by Crippen LogP contribution is 2.24. The summed E-state index contributed by atoms with van der Waals surface area (Å²) < 4.78 is 10.4. The van der Waals surface area contributed by atoms with Crippen LogP contribution in [0.2, 0.25) is 10.0 Å². The maximum Gasteiger partial charge on any atom is 0.311 e. The molecule has 0 aliphatic rings. The number of halogens is 2. The van der Waals surface area contributed by atoms with Gasteiger partial charge in [0, 0.05) is 22.9 Å². The highest BCUT2D eigenvalue weighted by molar-refractivity contribution is 6.34. The molecule has 0 unspecified atom stereocenters. The molecule has 0 radical (unpaired) electrons. The quantitative estimate of drug-likeness (QED) is 0.191. The van der Waals surface area contributed by atoms with Crippen LogP contribution in [0.25, 0.3) is 0 Å². The predicted molar refractivity (Wildman–Crippen MR) is 110 cm³/mol. The number of carbonyl (C=O) groups is 2. The second-order valence-electron chi connectivity index (χ2n) is 6.63. The van der Waals surface area contributed by atoms with Crippen LogP contribution >= 0.6 is 23.2 Å². The Balaban J connectivity index is 2.02. The normalized spacial score (nSPS) is 10.6. The number of unbranched alkanes of at least 4 members (excludes halogenated alkanes) is 7. The van der Waals surface area contributed by atoms with E-state index in [1.165, 1.54) is 50.7 Å².